The van der Waals surface area contributed by atoms with Crippen LogP contribution in [0.5, 0.6) is 0 Å². The fourth-order valence-electron chi connectivity index (χ4n) is 2.55. The highest BCUT2D eigenvalue weighted by molar-refractivity contribution is 7.89. The number of aryl methyl sites for hydroxylation is 2. The Morgan fingerprint density at radius 3 is 3.06 bits per heavy atom. The number of aromatic nitrogens is 2. The van der Waals surface area contributed by atoms with E-state index < -0.39 is 10.0 Å². The first kappa shape index (κ1) is 12.1. The molecule has 7 heteroatoms. The number of rotatable bonds is 3. The molecule has 18 heavy (non-hydrogen) atoms. The smallest absolute Gasteiger partial charge is 0.259 e. The van der Waals surface area contributed by atoms with E-state index in [0.717, 1.165) is 44.6 Å². The molecule has 2 aliphatic rings. The van der Waals surface area contributed by atoms with Crippen molar-refractivity contribution in [2.75, 3.05) is 13.1 Å². The minimum atomic E-state index is -3.46. The van der Waals surface area contributed by atoms with Crippen molar-refractivity contribution in [1.82, 2.24) is 19.6 Å². The van der Waals surface area contributed by atoms with Gasteiger partial charge in [-0.1, -0.05) is 0 Å². The van der Waals surface area contributed by atoms with Crippen molar-refractivity contribution in [3.63, 3.8) is 0 Å². The number of sulfonamides is 1. The van der Waals surface area contributed by atoms with Crippen LogP contribution in [0.1, 0.15) is 25.1 Å². The van der Waals surface area contributed by atoms with Crippen LogP contribution in [0.4, 0.5) is 0 Å². The van der Waals surface area contributed by atoms with E-state index in [-0.39, 0.29) is 11.1 Å². The standard InChI is InChI=1S/C11H18N4O2S/c16-18(17,14-9-4-5-12-7-9)11-8-15-6-2-1-3-10(15)13-11/h8-9,12,14H,1-7H2. The molecule has 1 unspecified atom stereocenters. The van der Waals surface area contributed by atoms with Crippen LogP contribution in [0, 0.1) is 0 Å². The van der Waals surface area contributed by atoms with Crippen LogP contribution in [0.25, 0.3) is 0 Å². The highest BCUT2D eigenvalue weighted by atomic mass is 32.2. The van der Waals surface area contributed by atoms with Crippen molar-refractivity contribution in [1.29, 1.82) is 0 Å². The molecule has 0 aliphatic carbocycles. The highest BCUT2D eigenvalue weighted by Gasteiger charge is 2.26. The molecule has 0 bridgehead atoms. The third-order valence-corrected chi connectivity index (χ3v) is 4.93. The van der Waals surface area contributed by atoms with E-state index in [1.807, 2.05) is 4.57 Å². The lowest BCUT2D eigenvalue weighted by Crippen LogP contribution is -2.36. The summed E-state index contributed by atoms with van der Waals surface area (Å²) in [5.74, 6) is 0.895. The van der Waals surface area contributed by atoms with E-state index in [0.29, 0.717) is 6.54 Å². The first-order valence-electron chi connectivity index (χ1n) is 6.44. The van der Waals surface area contributed by atoms with Crippen LogP contribution in [0.15, 0.2) is 11.2 Å². The molecule has 2 N–H and O–H groups in total. The summed E-state index contributed by atoms with van der Waals surface area (Å²) < 4.78 is 29.1. The van der Waals surface area contributed by atoms with Crippen LogP contribution in [0.3, 0.4) is 0 Å². The van der Waals surface area contributed by atoms with Gasteiger partial charge < -0.3 is 9.88 Å². The normalized spacial score (nSPS) is 24.1. The maximum Gasteiger partial charge on any atom is 0.259 e. The second-order valence-corrected chi connectivity index (χ2v) is 6.62. The summed E-state index contributed by atoms with van der Waals surface area (Å²) >= 11 is 0. The van der Waals surface area contributed by atoms with Gasteiger partial charge in [-0.25, -0.2) is 18.1 Å². The third kappa shape index (κ3) is 2.30. The molecule has 100 valence electrons. The molecule has 1 fully saturated rings. The van der Waals surface area contributed by atoms with E-state index >= 15 is 0 Å². The maximum atomic E-state index is 12.2. The van der Waals surface area contributed by atoms with Crippen LogP contribution < -0.4 is 10.0 Å². The molecule has 1 saturated heterocycles. The first-order chi connectivity index (χ1) is 8.65. The monoisotopic (exact) mass is 270 g/mol. The van der Waals surface area contributed by atoms with Gasteiger partial charge in [0.2, 0.25) is 0 Å². The Hall–Kier alpha value is -0.920. The summed E-state index contributed by atoms with van der Waals surface area (Å²) in [6.45, 7) is 2.45. The molecule has 0 saturated carbocycles. The summed E-state index contributed by atoms with van der Waals surface area (Å²) in [5, 5.41) is 3.32. The van der Waals surface area contributed by atoms with Crippen molar-refractivity contribution in [2.24, 2.45) is 0 Å². The molecule has 0 amide bonds. The summed E-state index contributed by atoms with van der Waals surface area (Å²) in [6, 6.07) is -0.00581. The van der Waals surface area contributed by atoms with Crippen molar-refractivity contribution >= 4 is 10.0 Å². The SMILES string of the molecule is O=S(=O)(NC1CCNC1)c1cn2c(n1)CCCC2. The number of nitrogens with zero attached hydrogens (tertiary/aromatic N) is 2. The molecule has 1 aromatic heterocycles. The molecular weight excluding hydrogens is 252 g/mol. The third-order valence-electron chi connectivity index (χ3n) is 3.54. The zero-order valence-electron chi connectivity index (χ0n) is 10.2. The zero-order chi connectivity index (χ0) is 12.6. The number of fused-ring (bicyclic) bond motifs is 1. The average Bonchev–Trinajstić information content (AvgIpc) is 2.96. The fraction of sp³-hybridized carbons (Fsp3) is 0.727. The number of nitrogens with one attached hydrogen (secondary N) is 2. The molecule has 3 rings (SSSR count). The van der Waals surface area contributed by atoms with Gasteiger partial charge in [-0.3, -0.25) is 0 Å². The van der Waals surface area contributed by atoms with E-state index in [2.05, 4.69) is 15.0 Å². The lowest BCUT2D eigenvalue weighted by molar-refractivity contribution is 0.522. The Labute approximate surface area is 107 Å². The van der Waals surface area contributed by atoms with Gasteiger partial charge in [0.05, 0.1) is 0 Å². The van der Waals surface area contributed by atoms with Gasteiger partial charge in [0.1, 0.15) is 5.82 Å². The number of hydrogen-bond donors (Lipinski definition) is 2. The quantitative estimate of drug-likeness (QED) is 0.801. The second-order valence-electron chi connectivity index (χ2n) is 4.96. The van der Waals surface area contributed by atoms with Crippen LogP contribution in [-0.2, 0) is 23.0 Å². The largest absolute Gasteiger partial charge is 0.333 e. The zero-order valence-corrected chi connectivity index (χ0v) is 11.0. The van der Waals surface area contributed by atoms with E-state index in [9.17, 15) is 8.42 Å². The fourth-order valence-corrected chi connectivity index (χ4v) is 3.80. The predicted molar refractivity (Wildman–Crippen MR) is 66.8 cm³/mol. The Kier molecular flexibility index (Phi) is 3.13. The van der Waals surface area contributed by atoms with Crippen molar-refractivity contribution in [3.05, 3.63) is 12.0 Å². The summed E-state index contributed by atoms with van der Waals surface area (Å²) in [6.07, 6.45) is 5.58. The van der Waals surface area contributed by atoms with Gasteiger partial charge in [0.25, 0.3) is 10.0 Å². The van der Waals surface area contributed by atoms with Crippen LogP contribution in [-0.4, -0.2) is 37.1 Å². The van der Waals surface area contributed by atoms with Crippen LogP contribution in [0.2, 0.25) is 0 Å². The Morgan fingerprint density at radius 1 is 1.44 bits per heavy atom. The van der Waals surface area contributed by atoms with Gasteiger partial charge in [0.15, 0.2) is 5.03 Å². The lowest BCUT2D eigenvalue weighted by Gasteiger charge is -2.11. The van der Waals surface area contributed by atoms with Gasteiger partial charge in [0, 0.05) is 31.7 Å². The number of imidazole rings is 1. The molecule has 0 radical (unpaired) electrons. The van der Waals surface area contributed by atoms with Crippen LogP contribution >= 0.6 is 0 Å². The van der Waals surface area contributed by atoms with E-state index in [1.54, 1.807) is 6.20 Å². The minimum absolute atomic E-state index is 0.00581. The Balaban J connectivity index is 1.81. The van der Waals surface area contributed by atoms with Gasteiger partial charge in [-0.2, -0.15) is 0 Å². The van der Waals surface area contributed by atoms with Gasteiger partial charge in [-0.05, 0) is 25.8 Å². The second kappa shape index (κ2) is 4.64. The molecule has 6 nitrogen and oxygen atoms in total. The maximum absolute atomic E-state index is 12.2. The topological polar surface area (TPSA) is 76.0 Å². The van der Waals surface area contributed by atoms with E-state index in [4.69, 9.17) is 0 Å². The molecule has 3 heterocycles. The molecule has 0 aromatic carbocycles. The van der Waals surface area contributed by atoms with Gasteiger partial charge in [-0.15, -0.1) is 0 Å². The Bertz CT molecular complexity index is 508. The Morgan fingerprint density at radius 2 is 2.33 bits per heavy atom. The lowest BCUT2D eigenvalue weighted by atomic mass is 10.2. The van der Waals surface area contributed by atoms with Crippen molar-refractivity contribution < 1.29 is 8.42 Å². The van der Waals surface area contributed by atoms with E-state index in [1.165, 1.54) is 0 Å². The molecular formula is C11H18N4O2S. The summed E-state index contributed by atoms with van der Waals surface area (Å²) in [7, 11) is -3.46. The molecule has 2 aliphatic heterocycles. The predicted octanol–water partition coefficient (Wildman–Crippen LogP) is -0.140. The number of hydrogen-bond acceptors (Lipinski definition) is 4. The summed E-state index contributed by atoms with van der Waals surface area (Å²) in [4.78, 5) is 4.26. The average molecular weight is 270 g/mol. The molecule has 0 spiro atoms. The molecule has 1 atom stereocenters. The van der Waals surface area contributed by atoms with Gasteiger partial charge >= 0.3 is 0 Å². The summed E-state index contributed by atoms with van der Waals surface area (Å²) in [5.41, 5.74) is 0. The van der Waals surface area contributed by atoms with Crippen molar-refractivity contribution in [3.8, 4) is 0 Å². The first-order valence-corrected chi connectivity index (χ1v) is 7.92. The highest BCUT2D eigenvalue weighted by Crippen LogP contribution is 2.17. The minimum Gasteiger partial charge on any atom is -0.333 e. The van der Waals surface area contributed by atoms with Crippen molar-refractivity contribution in [2.45, 2.75) is 43.3 Å². The molecule has 1 aromatic rings.